The largest absolute Gasteiger partial charge is 0.350 e. The molecule has 0 aliphatic heterocycles. The van der Waals surface area contributed by atoms with Crippen LogP contribution in [-0.4, -0.2) is 16.4 Å². The third kappa shape index (κ3) is 6.17. The number of hydrogen-bond donors (Lipinski definition) is 1. The molecule has 3 heteroatoms. The summed E-state index contributed by atoms with van der Waals surface area (Å²) in [5.74, 6) is 0.0929. The van der Waals surface area contributed by atoms with Crippen LogP contribution in [-0.2, 0) is 4.79 Å². The van der Waals surface area contributed by atoms with E-state index >= 15 is 0 Å². The van der Waals surface area contributed by atoms with Crippen LogP contribution in [0.2, 0.25) is 0 Å². The van der Waals surface area contributed by atoms with E-state index < -0.39 is 0 Å². The number of halogens is 1. The summed E-state index contributed by atoms with van der Waals surface area (Å²) in [5, 5.41) is 3.07. The number of unbranched alkanes of at least 4 members (excludes halogenated alkanes) is 1. The lowest BCUT2D eigenvalue weighted by atomic mass is 9.95. The lowest BCUT2D eigenvalue weighted by Gasteiger charge is -2.21. The maximum Gasteiger partial charge on any atom is 0.243 e. The second-order valence-electron chi connectivity index (χ2n) is 4.08. The van der Waals surface area contributed by atoms with Crippen molar-refractivity contribution in [2.75, 3.05) is 4.43 Å². The third-order valence-electron chi connectivity index (χ3n) is 2.73. The van der Waals surface area contributed by atoms with Gasteiger partial charge >= 0.3 is 0 Å². The van der Waals surface area contributed by atoms with E-state index in [0.717, 1.165) is 30.1 Å². The molecule has 1 amide bonds. The van der Waals surface area contributed by atoms with Crippen LogP contribution in [0.25, 0.3) is 0 Å². The van der Waals surface area contributed by atoms with Crippen molar-refractivity contribution in [1.29, 1.82) is 0 Å². The van der Waals surface area contributed by atoms with Gasteiger partial charge in [0.1, 0.15) is 0 Å². The molecule has 0 aromatic carbocycles. The van der Waals surface area contributed by atoms with Crippen molar-refractivity contribution in [3.05, 3.63) is 12.2 Å². The van der Waals surface area contributed by atoms with Crippen molar-refractivity contribution >= 4 is 28.5 Å². The maximum absolute atomic E-state index is 11.5. The van der Waals surface area contributed by atoms with E-state index in [4.69, 9.17) is 0 Å². The number of amides is 1. The number of alkyl halides is 1. The Morgan fingerprint density at radius 3 is 2.73 bits per heavy atom. The minimum Gasteiger partial charge on any atom is -0.350 e. The summed E-state index contributed by atoms with van der Waals surface area (Å²) in [6.07, 6.45) is 12.0. The molecule has 1 fully saturated rings. The number of nitrogens with one attached hydrogen (secondary N) is 1. The summed E-state index contributed by atoms with van der Waals surface area (Å²) in [6, 6.07) is 0.431. The van der Waals surface area contributed by atoms with Crippen LogP contribution >= 0.6 is 22.6 Å². The third-order valence-corrected chi connectivity index (χ3v) is 3.49. The van der Waals surface area contributed by atoms with Crippen LogP contribution in [0.3, 0.4) is 0 Å². The molecule has 0 unspecified atom stereocenters. The smallest absolute Gasteiger partial charge is 0.243 e. The summed E-state index contributed by atoms with van der Waals surface area (Å²) in [6.45, 7) is 0. The predicted octanol–water partition coefficient (Wildman–Crippen LogP) is 3.21. The minimum absolute atomic E-state index is 0.0929. The molecule has 1 aliphatic rings. The Labute approximate surface area is 106 Å². The van der Waals surface area contributed by atoms with Crippen molar-refractivity contribution in [2.45, 2.75) is 51.0 Å². The van der Waals surface area contributed by atoms with Gasteiger partial charge in [-0.05, 0) is 36.2 Å². The zero-order valence-corrected chi connectivity index (χ0v) is 11.3. The Hall–Kier alpha value is -0.0600. The molecule has 0 radical (unpaired) electrons. The molecule has 0 atom stereocenters. The quantitative estimate of drug-likeness (QED) is 0.358. The van der Waals surface area contributed by atoms with Crippen LogP contribution in [0.5, 0.6) is 0 Å². The van der Waals surface area contributed by atoms with E-state index in [-0.39, 0.29) is 5.91 Å². The highest BCUT2D eigenvalue weighted by molar-refractivity contribution is 14.1. The lowest BCUT2D eigenvalue weighted by molar-refractivity contribution is -0.117. The van der Waals surface area contributed by atoms with E-state index in [1.54, 1.807) is 6.08 Å². The predicted molar refractivity (Wildman–Crippen MR) is 72.3 cm³/mol. The van der Waals surface area contributed by atoms with Crippen LogP contribution in [0.4, 0.5) is 0 Å². The molecular weight excluding hydrogens is 301 g/mol. The van der Waals surface area contributed by atoms with Gasteiger partial charge in [0.05, 0.1) is 0 Å². The van der Waals surface area contributed by atoms with E-state index in [1.165, 1.54) is 19.3 Å². The highest BCUT2D eigenvalue weighted by Crippen LogP contribution is 2.17. The Morgan fingerprint density at radius 1 is 1.33 bits per heavy atom. The number of allylic oxidation sites excluding steroid dienone is 1. The SMILES string of the molecule is O=C(C=CCCCI)NC1CCCCC1. The van der Waals surface area contributed by atoms with Gasteiger partial charge in [-0.2, -0.15) is 0 Å². The molecule has 0 saturated heterocycles. The molecule has 2 nitrogen and oxygen atoms in total. The van der Waals surface area contributed by atoms with Crippen LogP contribution in [0.15, 0.2) is 12.2 Å². The highest BCUT2D eigenvalue weighted by atomic mass is 127. The molecule has 0 heterocycles. The second-order valence-corrected chi connectivity index (χ2v) is 5.16. The second kappa shape index (κ2) is 8.13. The molecule has 86 valence electrons. The van der Waals surface area contributed by atoms with E-state index in [1.807, 2.05) is 6.08 Å². The van der Waals surface area contributed by atoms with Gasteiger partial charge in [-0.1, -0.05) is 47.9 Å². The van der Waals surface area contributed by atoms with Gasteiger partial charge < -0.3 is 5.32 Å². The average Bonchev–Trinajstić information content (AvgIpc) is 2.26. The van der Waals surface area contributed by atoms with E-state index in [0.29, 0.717) is 6.04 Å². The maximum atomic E-state index is 11.5. The van der Waals surface area contributed by atoms with Crippen molar-refractivity contribution in [3.63, 3.8) is 0 Å². The molecular formula is C12H20INO. The molecule has 15 heavy (non-hydrogen) atoms. The zero-order chi connectivity index (χ0) is 10.9. The standard InChI is InChI=1S/C12H20INO/c13-10-6-2-5-9-12(15)14-11-7-3-1-4-8-11/h5,9,11H,1-4,6-8,10H2,(H,14,15). The minimum atomic E-state index is 0.0929. The van der Waals surface area contributed by atoms with Crippen molar-refractivity contribution in [3.8, 4) is 0 Å². The Balaban J connectivity index is 2.13. The van der Waals surface area contributed by atoms with E-state index in [2.05, 4.69) is 27.9 Å². The normalized spacial score (nSPS) is 18.2. The molecule has 0 spiro atoms. The Bertz CT molecular complexity index is 210. The molecule has 0 aromatic heterocycles. The van der Waals surface area contributed by atoms with E-state index in [9.17, 15) is 4.79 Å². The summed E-state index contributed by atoms with van der Waals surface area (Å²) in [7, 11) is 0. The topological polar surface area (TPSA) is 29.1 Å². The molecule has 1 aliphatic carbocycles. The van der Waals surface area contributed by atoms with Crippen molar-refractivity contribution < 1.29 is 4.79 Å². The van der Waals surface area contributed by atoms with Gasteiger partial charge in [0, 0.05) is 6.04 Å². The van der Waals surface area contributed by atoms with Gasteiger partial charge in [0.25, 0.3) is 0 Å². The van der Waals surface area contributed by atoms with Gasteiger partial charge in [0.2, 0.25) is 5.91 Å². The summed E-state index contributed by atoms with van der Waals surface area (Å²) >= 11 is 2.35. The summed E-state index contributed by atoms with van der Waals surface area (Å²) in [5.41, 5.74) is 0. The van der Waals surface area contributed by atoms with Gasteiger partial charge in [-0.15, -0.1) is 0 Å². The molecule has 1 saturated carbocycles. The molecule has 0 bridgehead atoms. The lowest BCUT2D eigenvalue weighted by Crippen LogP contribution is -2.34. The Morgan fingerprint density at radius 2 is 2.07 bits per heavy atom. The van der Waals surface area contributed by atoms with Crippen LogP contribution in [0.1, 0.15) is 44.9 Å². The van der Waals surface area contributed by atoms with Crippen molar-refractivity contribution in [1.82, 2.24) is 5.32 Å². The zero-order valence-electron chi connectivity index (χ0n) is 9.18. The first kappa shape index (κ1) is 13.0. The summed E-state index contributed by atoms with van der Waals surface area (Å²) < 4.78 is 1.16. The monoisotopic (exact) mass is 321 g/mol. The first-order chi connectivity index (χ1) is 7.33. The fourth-order valence-corrected chi connectivity index (χ4v) is 2.32. The van der Waals surface area contributed by atoms with Gasteiger partial charge in [0.15, 0.2) is 0 Å². The fourth-order valence-electron chi connectivity index (χ4n) is 1.88. The van der Waals surface area contributed by atoms with Crippen LogP contribution < -0.4 is 5.32 Å². The number of hydrogen-bond acceptors (Lipinski definition) is 1. The van der Waals surface area contributed by atoms with Gasteiger partial charge in [-0.25, -0.2) is 0 Å². The highest BCUT2D eigenvalue weighted by Gasteiger charge is 2.13. The molecule has 1 rings (SSSR count). The van der Waals surface area contributed by atoms with Gasteiger partial charge in [-0.3, -0.25) is 4.79 Å². The van der Waals surface area contributed by atoms with Crippen LogP contribution in [0, 0.1) is 0 Å². The summed E-state index contributed by atoms with van der Waals surface area (Å²) in [4.78, 5) is 11.5. The first-order valence-electron chi connectivity index (χ1n) is 5.86. The number of carbonyl (C=O) groups excluding carboxylic acids is 1. The number of rotatable bonds is 5. The first-order valence-corrected chi connectivity index (χ1v) is 7.38. The van der Waals surface area contributed by atoms with Crippen molar-refractivity contribution in [2.24, 2.45) is 0 Å². The fraction of sp³-hybridized carbons (Fsp3) is 0.750. The Kier molecular flexibility index (Phi) is 7.05. The molecule has 0 aromatic rings. The average molecular weight is 321 g/mol. The molecule has 1 N–H and O–H groups in total. The number of carbonyl (C=O) groups is 1.